The Kier molecular flexibility index (Phi) is 2.15. The van der Waals surface area contributed by atoms with Crippen molar-refractivity contribution >= 4 is 28.9 Å². The summed E-state index contributed by atoms with van der Waals surface area (Å²) in [5.41, 5.74) is 1.22. The van der Waals surface area contributed by atoms with Crippen LogP contribution in [0, 0.1) is 0 Å². The molecule has 0 radical (unpaired) electrons. The van der Waals surface area contributed by atoms with Gasteiger partial charge in [-0.3, -0.25) is 4.79 Å². The monoisotopic (exact) mass is 224 g/mol. The highest BCUT2D eigenvalue weighted by Crippen LogP contribution is 2.36. The second-order valence-electron chi connectivity index (χ2n) is 4.23. The molecule has 0 bridgehead atoms. The lowest BCUT2D eigenvalue weighted by Crippen LogP contribution is -2.54. The van der Waals surface area contributed by atoms with Gasteiger partial charge in [0.2, 0.25) is 5.91 Å². The number of anilines is 2. The van der Waals surface area contributed by atoms with E-state index in [0.29, 0.717) is 5.02 Å². The van der Waals surface area contributed by atoms with E-state index in [4.69, 9.17) is 11.6 Å². The average molecular weight is 225 g/mol. The fraction of sp³-hybridized carbons (Fsp3) is 0.364. The zero-order valence-electron chi connectivity index (χ0n) is 8.97. The van der Waals surface area contributed by atoms with Crippen LogP contribution in [0.5, 0.6) is 0 Å². The van der Waals surface area contributed by atoms with Gasteiger partial charge in [-0.05, 0) is 32.0 Å². The Bertz CT molecular complexity index is 429. The van der Waals surface area contributed by atoms with E-state index < -0.39 is 5.54 Å². The first kappa shape index (κ1) is 10.3. The molecule has 1 aromatic carbocycles. The summed E-state index contributed by atoms with van der Waals surface area (Å²) in [5, 5.41) is 3.54. The summed E-state index contributed by atoms with van der Waals surface area (Å²) in [6, 6.07) is 5.45. The molecule has 0 spiro atoms. The van der Waals surface area contributed by atoms with E-state index in [1.807, 2.05) is 37.9 Å². The van der Waals surface area contributed by atoms with Gasteiger partial charge in [0, 0.05) is 12.1 Å². The Morgan fingerprint density at radius 1 is 1.40 bits per heavy atom. The van der Waals surface area contributed by atoms with Gasteiger partial charge in [-0.25, -0.2) is 0 Å². The van der Waals surface area contributed by atoms with Crippen LogP contribution in [0.15, 0.2) is 18.2 Å². The normalized spacial score (nSPS) is 18.4. The Hall–Kier alpha value is -1.22. The number of halogens is 1. The number of likely N-dealkylation sites (N-methyl/N-ethyl adjacent to an activating group) is 1. The largest absolute Gasteiger partial charge is 0.359 e. The molecule has 15 heavy (non-hydrogen) atoms. The maximum atomic E-state index is 11.8. The van der Waals surface area contributed by atoms with Crippen LogP contribution in [0.4, 0.5) is 11.4 Å². The van der Waals surface area contributed by atoms with E-state index in [1.165, 1.54) is 0 Å². The molecule has 0 fully saturated rings. The smallest absolute Gasteiger partial charge is 0.249 e. The molecule has 1 aromatic rings. The van der Waals surface area contributed by atoms with Crippen LogP contribution in [0.2, 0.25) is 5.02 Å². The van der Waals surface area contributed by atoms with Crippen LogP contribution in [-0.4, -0.2) is 18.5 Å². The molecular weight excluding hydrogens is 212 g/mol. The Balaban J connectivity index is 2.57. The summed E-state index contributed by atoms with van der Waals surface area (Å²) in [5.74, 6) is -0.000164. The van der Waals surface area contributed by atoms with Gasteiger partial charge in [-0.2, -0.15) is 0 Å². The molecule has 0 saturated heterocycles. The van der Waals surface area contributed by atoms with Crippen molar-refractivity contribution < 1.29 is 4.79 Å². The molecule has 1 aliphatic heterocycles. The Labute approximate surface area is 94.0 Å². The number of nitrogens with one attached hydrogen (secondary N) is 1. The Morgan fingerprint density at radius 2 is 2.07 bits per heavy atom. The van der Waals surface area contributed by atoms with Gasteiger partial charge in [0.25, 0.3) is 0 Å². The molecule has 1 amide bonds. The van der Waals surface area contributed by atoms with Crippen molar-refractivity contribution in [2.24, 2.45) is 0 Å². The number of carbonyl (C=O) groups excluding carboxylic acids is 1. The molecule has 0 saturated carbocycles. The number of hydrogen-bond acceptors (Lipinski definition) is 2. The zero-order chi connectivity index (χ0) is 11.2. The van der Waals surface area contributed by atoms with E-state index in [1.54, 1.807) is 6.07 Å². The van der Waals surface area contributed by atoms with Crippen LogP contribution >= 0.6 is 11.6 Å². The summed E-state index contributed by atoms with van der Waals surface area (Å²) < 4.78 is 0. The van der Waals surface area contributed by atoms with Crippen molar-refractivity contribution in [3.05, 3.63) is 23.2 Å². The van der Waals surface area contributed by atoms with Crippen LogP contribution in [-0.2, 0) is 4.79 Å². The van der Waals surface area contributed by atoms with Gasteiger partial charge in [-0.15, -0.1) is 0 Å². The van der Waals surface area contributed by atoms with Crippen molar-refractivity contribution in [3.8, 4) is 0 Å². The molecule has 0 unspecified atom stereocenters. The van der Waals surface area contributed by atoms with Gasteiger partial charge < -0.3 is 10.2 Å². The summed E-state index contributed by atoms with van der Waals surface area (Å²) in [7, 11) is 1.90. The van der Waals surface area contributed by atoms with Crippen molar-refractivity contribution in [1.82, 2.24) is 0 Å². The molecule has 0 aromatic heterocycles. The fourth-order valence-corrected chi connectivity index (χ4v) is 1.78. The van der Waals surface area contributed by atoms with Crippen LogP contribution in [0.25, 0.3) is 0 Å². The average Bonchev–Trinajstić information content (AvgIpc) is 2.17. The molecule has 4 heteroatoms. The topological polar surface area (TPSA) is 32.3 Å². The lowest BCUT2D eigenvalue weighted by atomic mass is 9.97. The predicted octanol–water partition coefficient (Wildman–Crippen LogP) is 2.51. The first-order chi connectivity index (χ1) is 6.93. The lowest BCUT2D eigenvalue weighted by molar-refractivity contribution is -0.120. The second kappa shape index (κ2) is 3.14. The number of amides is 1. The predicted molar refractivity (Wildman–Crippen MR) is 62.6 cm³/mol. The lowest BCUT2D eigenvalue weighted by Gasteiger charge is -2.41. The fourth-order valence-electron chi connectivity index (χ4n) is 1.62. The highest BCUT2D eigenvalue weighted by molar-refractivity contribution is 6.31. The van der Waals surface area contributed by atoms with Gasteiger partial charge >= 0.3 is 0 Å². The van der Waals surface area contributed by atoms with Crippen molar-refractivity contribution in [2.75, 3.05) is 17.3 Å². The number of carbonyl (C=O) groups is 1. The molecule has 0 atom stereocenters. The zero-order valence-corrected chi connectivity index (χ0v) is 9.72. The molecule has 1 N–H and O–H groups in total. The van der Waals surface area contributed by atoms with Gasteiger partial charge in [0.05, 0.1) is 11.4 Å². The maximum Gasteiger partial charge on any atom is 0.249 e. The number of rotatable bonds is 0. The number of fused-ring (bicyclic) bond motifs is 1. The molecule has 2 rings (SSSR count). The summed E-state index contributed by atoms with van der Waals surface area (Å²) in [6.07, 6.45) is 0. The van der Waals surface area contributed by atoms with E-state index >= 15 is 0 Å². The summed E-state index contributed by atoms with van der Waals surface area (Å²) in [4.78, 5) is 13.7. The maximum absolute atomic E-state index is 11.8. The van der Waals surface area contributed by atoms with Crippen molar-refractivity contribution in [2.45, 2.75) is 19.4 Å². The summed E-state index contributed by atoms with van der Waals surface area (Å²) in [6.45, 7) is 3.76. The minimum absolute atomic E-state index is 0.000164. The molecule has 3 nitrogen and oxygen atoms in total. The number of nitrogens with zero attached hydrogens (tertiary/aromatic N) is 1. The SMILES string of the molecule is CN1c2cc(Cl)ccc2NC(=O)C1(C)C. The molecular formula is C11H13ClN2O. The van der Waals surface area contributed by atoms with Gasteiger partial charge in [-0.1, -0.05) is 11.6 Å². The Morgan fingerprint density at radius 3 is 2.73 bits per heavy atom. The van der Waals surface area contributed by atoms with Crippen molar-refractivity contribution in [3.63, 3.8) is 0 Å². The molecule has 0 aliphatic carbocycles. The molecule has 1 heterocycles. The standard InChI is InChI=1S/C11H13ClN2O/c1-11(2)10(15)13-8-5-4-7(12)6-9(8)14(11)3/h4-6H,1-3H3,(H,13,15). The minimum Gasteiger partial charge on any atom is -0.359 e. The first-order valence-electron chi connectivity index (χ1n) is 4.78. The first-order valence-corrected chi connectivity index (χ1v) is 5.15. The third-order valence-electron chi connectivity index (χ3n) is 2.96. The number of benzene rings is 1. The van der Waals surface area contributed by atoms with E-state index in [9.17, 15) is 4.79 Å². The molecule has 1 aliphatic rings. The second-order valence-corrected chi connectivity index (χ2v) is 4.67. The van der Waals surface area contributed by atoms with Gasteiger partial charge in [0.15, 0.2) is 0 Å². The highest BCUT2D eigenvalue weighted by atomic mass is 35.5. The highest BCUT2D eigenvalue weighted by Gasteiger charge is 2.37. The quantitative estimate of drug-likeness (QED) is 0.735. The van der Waals surface area contributed by atoms with Crippen LogP contribution in [0.1, 0.15) is 13.8 Å². The van der Waals surface area contributed by atoms with E-state index in [-0.39, 0.29) is 5.91 Å². The van der Waals surface area contributed by atoms with E-state index in [0.717, 1.165) is 11.4 Å². The van der Waals surface area contributed by atoms with E-state index in [2.05, 4.69) is 5.32 Å². The number of hydrogen-bond donors (Lipinski definition) is 1. The van der Waals surface area contributed by atoms with Crippen LogP contribution in [0.3, 0.4) is 0 Å². The van der Waals surface area contributed by atoms with Crippen LogP contribution < -0.4 is 10.2 Å². The third-order valence-corrected chi connectivity index (χ3v) is 3.20. The van der Waals surface area contributed by atoms with Crippen molar-refractivity contribution in [1.29, 1.82) is 0 Å². The third kappa shape index (κ3) is 1.47. The van der Waals surface area contributed by atoms with Gasteiger partial charge in [0.1, 0.15) is 5.54 Å². The minimum atomic E-state index is -0.544. The molecule has 80 valence electrons. The summed E-state index contributed by atoms with van der Waals surface area (Å²) >= 11 is 5.93.